The summed E-state index contributed by atoms with van der Waals surface area (Å²) in [6.45, 7) is 8.53. The molecule has 0 aliphatic heterocycles. The molecular formula is C9H19NO. The summed E-state index contributed by atoms with van der Waals surface area (Å²) in [6.07, 6.45) is 3.05. The van der Waals surface area contributed by atoms with Crippen LogP contribution in [-0.2, 0) is 0 Å². The van der Waals surface area contributed by atoms with E-state index in [0.717, 1.165) is 12.5 Å². The Morgan fingerprint density at radius 1 is 1.55 bits per heavy atom. The minimum absolute atomic E-state index is 0.191. The van der Waals surface area contributed by atoms with E-state index in [2.05, 4.69) is 25.7 Å². The molecule has 0 bridgehead atoms. The highest BCUT2D eigenvalue weighted by Gasteiger charge is 1.96. The molecule has 0 rings (SSSR count). The van der Waals surface area contributed by atoms with Crippen molar-refractivity contribution < 1.29 is 5.11 Å². The molecule has 0 aromatic carbocycles. The molecule has 11 heavy (non-hydrogen) atoms. The fraction of sp³-hybridized carbons (Fsp3) is 0.889. The minimum atomic E-state index is 0.191. The van der Waals surface area contributed by atoms with Crippen molar-refractivity contribution in [2.75, 3.05) is 13.2 Å². The van der Waals surface area contributed by atoms with Gasteiger partial charge < -0.3 is 10.4 Å². The van der Waals surface area contributed by atoms with Gasteiger partial charge in [0, 0.05) is 6.61 Å². The van der Waals surface area contributed by atoms with Crippen LogP contribution >= 0.6 is 0 Å². The largest absolute Gasteiger partial charge is 0.396 e. The van der Waals surface area contributed by atoms with Gasteiger partial charge in [-0.15, -0.1) is 0 Å². The summed E-state index contributed by atoms with van der Waals surface area (Å²) in [5.74, 6) is 0.790. The topological polar surface area (TPSA) is 32.3 Å². The van der Waals surface area contributed by atoms with Gasteiger partial charge in [0.25, 0.3) is 0 Å². The number of hydrogen-bond acceptors (Lipinski definition) is 2. The molecule has 2 nitrogen and oxygen atoms in total. The molecular weight excluding hydrogens is 138 g/mol. The molecule has 2 heteroatoms. The van der Waals surface area contributed by atoms with Crippen molar-refractivity contribution in [3.8, 4) is 0 Å². The molecule has 0 spiro atoms. The second kappa shape index (κ2) is 8.02. The van der Waals surface area contributed by atoms with Crippen LogP contribution in [0.4, 0.5) is 0 Å². The molecule has 0 saturated heterocycles. The van der Waals surface area contributed by atoms with E-state index in [1.807, 2.05) is 0 Å². The third kappa shape index (κ3) is 7.82. The summed E-state index contributed by atoms with van der Waals surface area (Å²) in [6, 6.07) is 0. The Hall–Kier alpha value is -0.0800. The SMILES string of the molecule is CCC(C)CCN[C]CCO. The lowest BCUT2D eigenvalue weighted by atomic mass is 10.1. The second-order valence-electron chi connectivity index (χ2n) is 2.88. The van der Waals surface area contributed by atoms with Crippen molar-refractivity contribution in [1.82, 2.24) is 5.32 Å². The van der Waals surface area contributed by atoms with Crippen LogP contribution in [0.2, 0.25) is 0 Å². The van der Waals surface area contributed by atoms with Crippen LogP contribution in [0.1, 0.15) is 33.1 Å². The monoisotopic (exact) mass is 157 g/mol. The molecule has 0 amide bonds. The molecule has 0 aliphatic carbocycles. The fourth-order valence-corrected chi connectivity index (χ4v) is 0.755. The quantitative estimate of drug-likeness (QED) is 0.433. The highest BCUT2D eigenvalue weighted by atomic mass is 16.3. The van der Waals surface area contributed by atoms with Crippen LogP contribution in [0.5, 0.6) is 0 Å². The van der Waals surface area contributed by atoms with Crippen molar-refractivity contribution in [1.29, 1.82) is 0 Å². The van der Waals surface area contributed by atoms with E-state index in [1.54, 1.807) is 0 Å². The maximum Gasteiger partial charge on any atom is 0.0609 e. The molecule has 1 atom stereocenters. The minimum Gasteiger partial charge on any atom is -0.396 e. The lowest BCUT2D eigenvalue weighted by Crippen LogP contribution is -2.14. The van der Waals surface area contributed by atoms with E-state index in [4.69, 9.17) is 5.11 Å². The van der Waals surface area contributed by atoms with Crippen LogP contribution in [0.25, 0.3) is 0 Å². The molecule has 2 radical (unpaired) electrons. The van der Waals surface area contributed by atoms with Crippen molar-refractivity contribution >= 4 is 0 Å². The van der Waals surface area contributed by atoms with Gasteiger partial charge in [0.2, 0.25) is 0 Å². The summed E-state index contributed by atoms with van der Waals surface area (Å²) in [5, 5.41) is 11.5. The Labute approximate surface area is 70.0 Å². The molecule has 0 aliphatic rings. The van der Waals surface area contributed by atoms with Gasteiger partial charge in [-0.2, -0.15) is 0 Å². The van der Waals surface area contributed by atoms with Crippen molar-refractivity contribution in [3.63, 3.8) is 0 Å². The maximum absolute atomic E-state index is 8.42. The molecule has 2 N–H and O–H groups in total. The smallest absolute Gasteiger partial charge is 0.0609 e. The Morgan fingerprint density at radius 3 is 2.82 bits per heavy atom. The van der Waals surface area contributed by atoms with Gasteiger partial charge in [0.05, 0.1) is 6.54 Å². The van der Waals surface area contributed by atoms with E-state index in [0.29, 0.717) is 6.42 Å². The van der Waals surface area contributed by atoms with Crippen molar-refractivity contribution in [2.24, 2.45) is 5.92 Å². The number of rotatable bonds is 7. The molecule has 1 unspecified atom stereocenters. The third-order valence-corrected chi connectivity index (χ3v) is 1.82. The number of aliphatic hydroxyl groups excluding tert-OH is 1. The Bertz CT molecular complexity index is 76.0. The Morgan fingerprint density at radius 2 is 2.27 bits per heavy atom. The molecule has 0 aromatic rings. The summed E-state index contributed by atoms with van der Waals surface area (Å²) >= 11 is 0. The van der Waals surface area contributed by atoms with Gasteiger partial charge >= 0.3 is 0 Å². The highest BCUT2D eigenvalue weighted by Crippen LogP contribution is 2.04. The van der Waals surface area contributed by atoms with Crippen molar-refractivity contribution in [3.05, 3.63) is 6.54 Å². The first-order valence-electron chi connectivity index (χ1n) is 4.37. The van der Waals surface area contributed by atoms with E-state index in [-0.39, 0.29) is 6.61 Å². The average molecular weight is 157 g/mol. The zero-order valence-corrected chi connectivity index (χ0v) is 7.56. The second-order valence-corrected chi connectivity index (χ2v) is 2.88. The van der Waals surface area contributed by atoms with E-state index in [9.17, 15) is 0 Å². The molecule has 0 heterocycles. The normalized spacial score (nSPS) is 13.4. The predicted molar refractivity (Wildman–Crippen MR) is 47.0 cm³/mol. The van der Waals surface area contributed by atoms with Crippen LogP contribution in [0, 0.1) is 12.5 Å². The number of aliphatic hydroxyl groups is 1. The zero-order valence-electron chi connectivity index (χ0n) is 7.56. The number of nitrogens with one attached hydrogen (secondary N) is 1. The molecule has 0 fully saturated rings. The number of hydrogen-bond donors (Lipinski definition) is 2. The summed E-state index contributed by atoms with van der Waals surface area (Å²) < 4.78 is 0. The standard InChI is InChI=1S/C9H19NO/c1-3-9(2)5-7-10-6-4-8-11/h9-11H,3-5,7-8H2,1-2H3. The summed E-state index contributed by atoms with van der Waals surface area (Å²) in [7, 11) is 0. The van der Waals surface area contributed by atoms with E-state index in [1.165, 1.54) is 12.8 Å². The van der Waals surface area contributed by atoms with Gasteiger partial charge in [0.1, 0.15) is 0 Å². The predicted octanol–water partition coefficient (Wildman–Crippen LogP) is 1.43. The van der Waals surface area contributed by atoms with Crippen LogP contribution < -0.4 is 5.32 Å². The van der Waals surface area contributed by atoms with Gasteiger partial charge in [-0.05, 0) is 25.3 Å². The first-order chi connectivity index (χ1) is 5.31. The van der Waals surface area contributed by atoms with E-state index >= 15 is 0 Å². The van der Waals surface area contributed by atoms with Gasteiger partial charge in [0.15, 0.2) is 0 Å². The first kappa shape index (κ1) is 10.9. The van der Waals surface area contributed by atoms with E-state index < -0.39 is 0 Å². The molecule has 0 saturated carbocycles. The van der Waals surface area contributed by atoms with Gasteiger partial charge in [-0.25, -0.2) is 0 Å². The third-order valence-electron chi connectivity index (χ3n) is 1.82. The Balaban J connectivity index is 2.89. The van der Waals surface area contributed by atoms with Gasteiger partial charge in [-0.1, -0.05) is 20.3 Å². The maximum atomic E-state index is 8.42. The lowest BCUT2D eigenvalue weighted by molar-refractivity contribution is 0.294. The highest BCUT2D eigenvalue weighted by molar-refractivity contribution is 4.61. The zero-order chi connectivity index (χ0) is 8.53. The molecule has 0 aromatic heterocycles. The van der Waals surface area contributed by atoms with Crippen LogP contribution in [0.3, 0.4) is 0 Å². The Kier molecular flexibility index (Phi) is 7.96. The summed E-state index contributed by atoms with van der Waals surface area (Å²) in [5.41, 5.74) is 0. The van der Waals surface area contributed by atoms with Crippen LogP contribution in [0.15, 0.2) is 0 Å². The molecule has 66 valence electrons. The first-order valence-corrected chi connectivity index (χ1v) is 4.37. The fourth-order valence-electron chi connectivity index (χ4n) is 0.755. The van der Waals surface area contributed by atoms with Gasteiger partial charge in [-0.3, -0.25) is 0 Å². The van der Waals surface area contributed by atoms with Crippen molar-refractivity contribution in [2.45, 2.75) is 33.1 Å². The average Bonchev–Trinajstić information content (AvgIpc) is 2.04. The lowest BCUT2D eigenvalue weighted by Gasteiger charge is -2.07. The van der Waals surface area contributed by atoms with Crippen LogP contribution in [-0.4, -0.2) is 18.3 Å². The summed E-state index contributed by atoms with van der Waals surface area (Å²) in [4.78, 5) is 0.